The molecule has 1 aliphatic heterocycles. The van der Waals surface area contributed by atoms with Gasteiger partial charge in [-0.1, -0.05) is 0 Å². The van der Waals surface area contributed by atoms with Gasteiger partial charge in [0.05, 0.1) is 5.92 Å². The molecule has 3 rings (SSSR count). The minimum atomic E-state index is -0.750. The van der Waals surface area contributed by atoms with Crippen LogP contribution in [0.1, 0.15) is 12.8 Å². The van der Waals surface area contributed by atoms with Crippen LogP contribution in [0.25, 0.3) is 5.82 Å². The highest BCUT2D eigenvalue weighted by molar-refractivity contribution is 5.71. The van der Waals surface area contributed by atoms with Crippen molar-refractivity contribution < 1.29 is 9.90 Å². The molecule has 8 nitrogen and oxygen atoms in total. The largest absolute Gasteiger partial charge is 0.481 e. The first-order valence-corrected chi connectivity index (χ1v) is 6.39. The number of aliphatic carboxylic acids is 1. The van der Waals surface area contributed by atoms with E-state index in [0.717, 1.165) is 18.8 Å². The maximum atomic E-state index is 11.1. The van der Waals surface area contributed by atoms with E-state index in [2.05, 4.69) is 20.1 Å². The van der Waals surface area contributed by atoms with Gasteiger partial charge in [0.1, 0.15) is 24.8 Å². The predicted octanol–water partition coefficient (Wildman–Crippen LogP) is 0.358. The fourth-order valence-electron chi connectivity index (χ4n) is 2.35. The molecule has 0 bridgehead atoms. The standard InChI is InChI=1S/C12H14N6O2/c19-12(20)9-2-1-3-17(5-9)10-4-11(15-7-14-10)18-8-13-6-16-18/h4,6-9H,1-3,5H2,(H,19,20). The summed E-state index contributed by atoms with van der Waals surface area (Å²) in [7, 11) is 0. The summed E-state index contributed by atoms with van der Waals surface area (Å²) in [6.45, 7) is 1.28. The van der Waals surface area contributed by atoms with Gasteiger partial charge in [-0.2, -0.15) is 5.10 Å². The molecule has 1 N–H and O–H groups in total. The van der Waals surface area contributed by atoms with E-state index in [9.17, 15) is 4.79 Å². The molecule has 104 valence electrons. The number of hydrogen-bond acceptors (Lipinski definition) is 6. The fourth-order valence-corrected chi connectivity index (χ4v) is 2.35. The highest BCUT2D eigenvalue weighted by atomic mass is 16.4. The Hall–Kier alpha value is -2.51. The van der Waals surface area contributed by atoms with Crippen LogP contribution in [0.3, 0.4) is 0 Å². The zero-order chi connectivity index (χ0) is 13.9. The van der Waals surface area contributed by atoms with E-state index in [-0.39, 0.29) is 5.92 Å². The normalized spacial score (nSPS) is 19.0. The Morgan fingerprint density at radius 2 is 2.15 bits per heavy atom. The number of carboxylic acid groups (broad SMARTS) is 1. The zero-order valence-electron chi connectivity index (χ0n) is 10.8. The first kappa shape index (κ1) is 12.5. The Morgan fingerprint density at radius 3 is 2.90 bits per heavy atom. The van der Waals surface area contributed by atoms with Crippen LogP contribution in [-0.2, 0) is 4.79 Å². The van der Waals surface area contributed by atoms with Crippen molar-refractivity contribution in [3.05, 3.63) is 25.0 Å². The summed E-state index contributed by atoms with van der Waals surface area (Å²) in [6, 6.07) is 1.79. The fraction of sp³-hybridized carbons (Fsp3) is 0.417. The van der Waals surface area contributed by atoms with Gasteiger partial charge >= 0.3 is 5.97 Å². The summed E-state index contributed by atoms with van der Waals surface area (Å²) in [4.78, 5) is 25.3. The van der Waals surface area contributed by atoms with Crippen molar-refractivity contribution >= 4 is 11.8 Å². The van der Waals surface area contributed by atoms with Crippen molar-refractivity contribution in [1.82, 2.24) is 24.7 Å². The third kappa shape index (κ3) is 2.44. The number of piperidine rings is 1. The molecule has 1 saturated heterocycles. The summed E-state index contributed by atoms with van der Waals surface area (Å²) in [5.74, 6) is 0.246. The van der Waals surface area contributed by atoms with Crippen LogP contribution in [0.2, 0.25) is 0 Å². The number of nitrogens with zero attached hydrogens (tertiary/aromatic N) is 6. The summed E-state index contributed by atoms with van der Waals surface area (Å²) in [6.07, 6.45) is 6.01. The lowest BCUT2D eigenvalue weighted by Crippen LogP contribution is -2.39. The molecule has 0 saturated carbocycles. The summed E-state index contributed by atoms with van der Waals surface area (Å²) < 4.78 is 1.55. The number of anilines is 1. The van der Waals surface area contributed by atoms with Crippen LogP contribution in [0.5, 0.6) is 0 Å². The van der Waals surface area contributed by atoms with E-state index in [4.69, 9.17) is 5.11 Å². The summed E-state index contributed by atoms with van der Waals surface area (Å²) in [5.41, 5.74) is 0. The van der Waals surface area contributed by atoms with Crippen LogP contribution in [0, 0.1) is 5.92 Å². The number of rotatable bonds is 3. The van der Waals surface area contributed by atoms with Crippen molar-refractivity contribution in [1.29, 1.82) is 0 Å². The van der Waals surface area contributed by atoms with Crippen molar-refractivity contribution in [2.75, 3.05) is 18.0 Å². The SMILES string of the molecule is O=C(O)C1CCCN(c2cc(-n3cncn3)ncn2)C1. The van der Waals surface area contributed by atoms with Crippen LogP contribution in [-0.4, -0.2) is 48.9 Å². The molecule has 0 spiro atoms. The van der Waals surface area contributed by atoms with E-state index in [1.165, 1.54) is 12.7 Å². The number of aromatic nitrogens is 5. The van der Waals surface area contributed by atoms with Gasteiger partial charge in [0, 0.05) is 19.2 Å². The van der Waals surface area contributed by atoms with Gasteiger partial charge in [-0.15, -0.1) is 0 Å². The van der Waals surface area contributed by atoms with Gasteiger partial charge < -0.3 is 10.0 Å². The molecular formula is C12H14N6O2. The molecule has 1 aliphatic rings. The highest BCUT2D eigenvalue weighted by Crippen LogP contribution is 2.22. The average molecular weight is 274 g/mol. The minimum Gasteiger partial charge on any atom is -0.481 e. The second-order valence-corrected chi connectivity index (χ2v) is 4.70. The molecule has 20 heavy (non-hydrogen) atoms. The number of carbonyl (C=O) groups is 1. The van der Waals surface area contributed by atoms with Crippen molar-refractivity contribution in [2.24, 2.45) is 5.92 Å². The van der Waals surface area contributed by atoms with E-state index in [1.807, 2.05) is 4.90 Å². The van der Waals surface area contributed by atoms with Crippen molar-refractivity contribution in [2.45, 2.75) is 12.8 Å². The second-order valence-electron chi connectivity index (χ2n) is 4.70. The molecule has 1 fully saturated rings. The van der Waals surface area contributed by atoms with Gasteiger partial charge in [-0.05, 0) is 12.8 Å². The second kappa shape index (κ2) is 5.24. The number of hydrogen-bond donors (Lipinski definition) is 1. The topological polar surface area (TPSA) is 97.0 Å². The van der Waals surface area contributed by atoms with Crippen molar-refractivity contribution in [3.8, 4) is 5.82 Å². The third-order valence-electron chi connectivity index (χ3n) is 3.39. The third-order valence-corrected chi connectivity index (χ3v) is 3.39. The molecule has 0 aromatic carbocycles. The zero-order valence-corrected chi connectivity index (χ0v) is 10.8. The molecule has 0 aliphatic carbocycles. The average Bonchev–Trinajstić information content (AvgIpc) is 3.02. The van der Waals surface area contributed by atoms with E-state index in [0.29, 0.717) is 18.8 Å². The maximum absolute atomic E-state index is 11.1. The Kier molecular flexibility index (Phi) is 3.28. The van der Waals surface area contributed by atoms with Gasteiger partial charge in [0.15, 0.2) is 5.82 Å². The van der Waals surface area contributed by atoms with E-state index in [1.54, 1.807) is 17.1 Å². The molecule has 2 aromatic heterocycles. The highest BCUT2D eigenvalue weighted by Gasteiger charge is 2.26. The molecule has 0 amide bonds. The lowest BCUT2D eigenvalue weighted by Gasteiger charge is -2.31. The predicted molar refractivity (Wildman–Crippen MR) is 69.5 cm³/mol. The van der Waals surface area contributed by atoms with Gasteiger partial charge in [-0.25, -0.2) is 19.6 Å². The van der Waals surface area contributed by atoms with Crippen LogP contribution in [0.4, 0.5) is 5.82 Å². The molecule has 1 atom stereocenters. The van der Waals surface area contributed by atoms with Crippen molar-refractivity contribution in [3.63, 3.8) is 0 Å². The van der Waals surface area contributed by atoms with Gasteiger partial charge in [-0.3, -0.25) is 4.79 Å². The van der Waals surface area contributed by atoms with Crippen LogP contribution < -0.4 is 4.90 Å². The quantitative estimate of drug-likeness (QED) is 0.862. The van der Waals surface area contributed by atoms with Crippen LogP contribution >= 0.6 is 0 Å². The monoisotopic (exact) mass is 274 g/mol. The molecule has 8 heteroatoms. The maximum Gasteiger partial charge on any atom is 0.308 e. The lowest BCUT2D eigenvalue weighted by molar-refractivity contribution is -0.141. The first-order chi connectivity index (χ1) is 9.74. The van der Waals surface area contributed by atoms with Crippen LogP contribution in [0.15, 0.2) is 25.0 Å². The Balaban J connectivity index is 1.83. The Morgan fingerprint density at radius 1 is 1.30 bits per heavy atom. The Bertz CT molecular complexity index is 600. The molecular weight excluding hydrogens is 260 g/mol. The smallest absolute Gasteiger partial charge is 0.308 e. The van der Waals surface area contributed by atoms with E-state index >= 15 is 0 Å². The lowest BCUT2D eigenvalue weighted by atomic mass is 9.98. The minimum absolute atomic E-state index is 0.339. The molecule has 0 radical (unpaired) electrons. The first-order valence-electron chi connectivity index (χ1n) is 6.39. The number of carboxylic acids is 1. The summed E-state index contributed by atoms with van der Waals surface area (Å²) >= 11 is 0. The molecule has 2 aromatic rings. The molecule has 1 unspecified atom stereocenters. The van der Waals surface area contributed by atoms with E-state index < -0.39 is 5.97 Å². The van der Waals surface area contributed by atoms with Gasteiger partial charge in [0.2, 0.25) is 0 Å². The van der Waals surface area contributed by atoms with Gasteiger partial charge in [0.25, 0.3) is 0 Å². The summed E-state index contributed by atoms with van der Waals surface area (Å²) in [5, 5.41) is 13.1. The Labute approximate surface area is 115 Å². The molecule has 3 heterocycles.